The molecule has 0 heterocycles. The molecule has 0 rings (SSSR count). The third kappa shape index (κ3) is 7.81. The third-order valence-corrected chi connectivity index (χ3v) is 1.76. The van der Waals surface area contributed by atoms with E-state index in [0.29, 0.717) is 11.0 Å². The Morgan fingerprint density at radius 1 is 1.46 bits per heavy atom. The lowest BCUT2D eigenvalue weighted by Crippen LogP contribution is -2.43. The summed E-state index contributed by atoms with van der Waals surface area (Å²) in [7, 11) is 4.09. The summed E-state index contributed by atoms with van der Waals surface area (Å²) in [5.41, 5.74) is 0. The van der Waals surface area contributed by atoms with E-state index >= 15 is 0 Å². The SMILES string of the molecule is C=C(O)C[N+](C)(C)CCOC(C)C. The van der Waals surface area contributed by atoms with E-state index in [0.717, 1.165) is 13.2 Å². The first-order valence-electron chi connectivity index (χ1n) is 4.64. The van der Waals surface area contributed by atoms with Crippen molar-refractivity contribution in [1.29, 1.82) is 0 Å². The normalized spacial score (nSPS) is 12.1. The predicted molar refractivity (Wildman–Crippen MR) is 54.7 cm³/mol. The lowest BCUT2D eigenvalue weighted by molar-refractivity contribution is -0.887. The summed E-state index contributed by atoms with van der Waals surface area (Å²) in [6.45, 7) is 9.71. The van der Waals surface area contributed by atoms with Gasteiger partial charge in [-0.15, -0.1) is 0 Å². The van der Waals surface area contributed by atoms with Crippen LogP contribution < -0.4 is 0 Å². The molecule has 0 aromatic rings. The van der Waals surface area contributed by atoms with Gasteiger partial charge in [0.2, 0.25) is 0 Å². The molecule has 0 aromatic heterocycles. The predicted octanol–water partition coefficient (Wildman–Crippen LogP) is 1.56. The van der Waals surface area contributed by atoms with E-state index in [-0.39, 0.29) is 11.9 Å². The minimum atomic E-state index is 0.231. The van der Waals surface area contributed by atoms with Crippen LogP contribution in [0.2, 0.25) is 0 Å². The Morgan fingerprint density at radius 3 is 2.38 bits per heavy atom. The summed E-state index contributed by atoms with van der Waals surface area (Å²) in [5.74, 6) is 0.231. The molecule has 78 valence electrons. The molecular weight excluding hydrogens is 166 g/mol. The van der Waals surface area contributed by atoms with E-state index in [9.17, 15) is 0 Å². The Hall–Kier alpha value is -0.540. The van der Waals surface area contributed by atoms with Crippen LogP contribution in [0.4, 0.5) is 0 Å². The van der Waals surface area contributed by atoms with Crippen LogP contribution >= 0.6 is 0 Å². The van der Waals surface area contributed by atoms with Crippen LogP contribution in [0.3, 0.4) is 0 Å². The monoisotopic (exact) mass is 188 g/mol. The quantitative estimate of drug-likeness (QED) is 0.506. The standard InChI is InChI=1S/C10H21NO2/c1-9(2)13-7-6-11(4,5)8-10(3)12/h9H,3,6-8H2,1-2,4-5H3/p+1. The Kier molecular flexibility index (Phi) is 5.03. The minimum absolute atomic E-state index is 0.231. The van der Waals surface area contributed by atoms with Gasteiger partial charge in [0.1, 0.15) is 18.8 Å². The van der Waals surface area contributed by atoms with Crippen molar-refractivity contribution < 1.29 is 14.3 Å². The van der Waals surface area contributed by atoms with E-state index in [1.807, 2.05) is 27.9 Å². The molecule has 0 fully saturated rings. The fraction of sp³-hybridized carbons (Fsp3) is 0.800. The molecule has 0 bridgehead atoms. The average molecular weight is 188 g/mol. The van der Waals surface area contributed by atoms with Crippen molar-refractivity contribution in [3.8, 4) is 0 Å². The van der Waals surface area contributed by atoms with E-state index in [1.54, 1.807) is 0 Å². The molecular formula is C10H22NO2+. The highest BCUT2D eigenvalue weighted by atomic mass is 16.5. The van der Waals surface area contributed by atoms with Crippen LogP contribution in [0.15, 0.2) is 12.3 Å². The molecule has 3 heteroatoms. The maximum atomic E-state index is 9.05. The maximum absolute atomic E-state index is 9.05. The van der Waals surface area contributed by atoms with Gasteiger partial charge in [0.15, 0.2) is 0 Å². The number of nitrogens with zero attached hydrogens (tertiary/aromatic N) is 1. The van der Waals surface area contributed by atoms with Crippen LogP contribution in [0.5, 0.6) is 0 Å². The Labute approximate surface area is 81.2 Å². The number of likely N-dealkylation sites (N-methyl/N-ethyl adjacent to an activating group) is 1. The van der Waals surface area contributed by atoms with Gasteiger partial charge >= 0.3 is 0 Å². The molecule has 0 saturated heterocycles. The first kappa shape index (κ1) is 12.5. The second kappa shape index (κ2) is 5.25. The van der Waals surface area contributed by atoms with Crippen molar-refractivity contribution in [3.63, 3.8) is 0 Å². The van der Waals surface area contributed by atoms with Crippen molar-refractivity contribution in [1.82, 2.24) is 0 Å². The molecule has 0 amide bonds. The van der Waals surface area contributed by atoms with E-state index in [1.165, 1.54) is 0 Å². The summed E-state index contributed by atoms with van der Waals surface area (Å²) >= 11 is 0. The highest BCUT2D eigenvalue weighted by Gasteiger charge is 2.15. The van der Waals surface area contributed by atoms with E-state index < -0.39 is 0 Å². The Balaban J connectivity index is 3.69. The molecule has 0 spiro atoms. The molecule has 1 N–H and O–H groups in total. The van der Waals surface area contributed by atoms with E-state index in [2.05, 4.69) is 6.58 Å². The zero-order valence-electron chi connectivity index (χ0n) is 9.21. The summed E-state index contributed by atoms with van der Waals surface area (Å²) in [6, 6.07) is 0. The average Bonchev–Trinajstić information content (AvgIpc) is 1.81. The van der Waals surface area contributed by atoms with Crippen LogP contribution in [-0.2, 0) is 4.74 Å². The topological polar surface area (TPSA) is 29.5 Å². The zero-order chi connectivity index (χ0) is 10.5. The summed E-state index contributed by atoms with van der Waals surface area (Å²) in [5, 5.41) is 9.05. The van der Waals surface area contributed by atoms with Crippen molar-refractivity contribution in [3.05, 3.63) is 12.3 Å². The molecule has 0 unspecified atom stereocenters. The van der Waals surface area contributed by atoms with Crippen LogP contribution in [0.1, 0.15) is 13.8 Å². The number of hydrogen-bond acceptors (Lipinski definition) is 2. The molecule has 0 atom stereocenters. The molecule has 0 aliphatic heterocycles. The lowest BCUT2D eigenvalue weighted by Gasteiger charge is -2.29. The van der Waals surface area contributed by atoms with Gasteiger partial charge in [-0.25, -0.2) is 0 Å². The van der Waals surface area contributed by atoms with Gasteiger partial charge in [-0.2, -0.15) is 0 Å². The van der Waals surface area contributed by atoms with Crippen molar-refractivity contribution in [2.24, 2.45) is 0 Å². The molecule has 0 saturated carbocycles. The number of ether oxygens (including phenoxy) is 1. The highest BCUT2D eigenvalue weighted by Crippen LogP contribution is 2.01. The number of aliphatic hydroxyl groups excluding tert-OH is 1. The van der Waals surface area contributed by atoms with Crippen molar-refractivity contribution in [2.75, 3.05) is 33.8 Å². The summed E-state index contributed by atoms with van der Waals surface area (Å²) in [6.07, 6.45) is 0.275. The van der Waals surface area contributed by atoms with Gasteiger partial charge in [-0.3, -0.25) is 0 Å². The minimum Gasteiger partial charge on any atom is -0.507 e. The Bertz CT molecular complexity index is 164. The molecule has 0 aliphatic rings. The van der Waals surface area contributed by atoms with Gasteiger partial charge in [-0.05, 0) is 13.8 Å². The zero-order valence-corrected chi connectivity index (χ0v) is 9.21. The molecule has 0 radical (unpaired) electrons. The smallest absolute Gasteiger partial charge is 0.139 e. The first-order valence-corrected chi connectivity index (χ1v) is 4.64. The van der Waals surface area contributed by atoms with Gasteiger partial charge in [0, 0.05) is 0 Å². The van der Waals surface area contributed by atoms with Gasteiger partial charge in [-0.1, -0.05) is 6.58 Å². The molecule has 0 aromatic carbocycles. The van der Waals surface area contributed by atoms with Crippen LogP contribution in [0, 0.1) is 0 Å². The van der Waals surface area contributed by atoms with Crippen LogP contribution in [0.25, 0.3) is 0 Å². The second-order valence-electron chi connectivity index (χ2n) is 4.30. The van der Waals surface area contributed by atoms with Gasteiger partial charge < -0.3 is 14.3 Å². The number of aliphatic hydroxyl groups is 1. The third-order valence-electron chi connectivity index (χ3n) is 1.76. The largest absolute Gasteiger partial charge is 0.507 e. The van der Waals surface area contributed by atoms with E-state index in [4.69, 9.17) is 9.84 Å². The number of quaternary nitrogens is 1. The number of rotatable bonds is 6. The second-order valence-corrected chi connectivity index (χ2v) is 4.30. The number of hydrogen-bond donors (Lipinski definition) is 1. The van der Waals surface area contributed by atoms with Gasteiger partial charge in [0.05, 0.1) is 26.8 Å². The first-order chi connectivity index (χ1) is 5.83. The molecule has 0 aliphatic carbocycles. The van der Waals surface area contributed by atoms with Crippen molar-refractivity contribution in [2.45, 2.75) is 20.0 Å². The summed E-state index contributed by atoms with van der Waals surface area (Å²) in [4.78, 5) is 0. The molecule has 3 nitrogen and oxygen atoms in total. The van der Waals surface area contributed by atoms with Gasteiger partial charge in [0.25, 0.3) is 0 Å². The summed E-state index contributed by atoms with van der Waals surface area (Å²) < 4.78 is 6.14. The fourth-order valence-corrected chi connectivity index (χ4v) is 1.11. The fourth-order valence-electron chi connectivity index (χ4n) is 1.11. The highest BCUT2D eigenvalue weighted by molar-refractivity contribution is 4.77. The van der Waals surface area contributed by atoms with Crippen LogP contribution in [-0.4, -0.2) is 49.5 Å². The Morgan fingerprint density at radius 2 is 2.00 bits per heavy atom. The molecule has 13 heavy (non-hydrogen) atoms. The van der Waals surface area contributed by atoms with Crippen molar-refractivity contribution >= 4 is 0 Å². The lowest BCUT2D eigenvalue weighted by atomic mass is 10.4. The maximum Gasteiger partial charge on any atom is 0.139 e.